The van der Waals surface area contributed by atoms with Crippen LogP contribution in [0.2, 0.25) is 0 Å². The fourth-order valence-electron chi connectivity index (χ4n) is 4.21. The predicted octanol–water partition coefficient (Wildman–Crippen LogP) is 4.58. The van der Waals surface area contributed by atoms with Crippen LogP contribution < -0.4 is 5.32 Å². The van der Waals surface area contributed by atoms with Crippen LogP contribution in [0.4, 0.5) is 5.69 Å². The fourth-order valence-corrected chi connectivity index (χ4v) is 4.21. The molecule has 0 aliphatic carbocycles. The van der Waals surface area contributed by atoms with Crippen LogP contribution in [0.1, 0.15) is 31.9 Å². The monoisotopic (exact) mass is 492 g/mol. The Labute approximate surface area is 211 Å². The molecule has 1 amide bonds. The normalized spacial score (nSPS) is 11.4. The highest BCUT2D eigenvalue weighted by molar-refractivity contribution is 5.93. The molecule has 6 heterocycles. The first-order valence-corrected chi connectivity index (χ1v) is 12.1. The number of nitrogens with one attached hydrogen (secondary N) is 3. The van der Waals surface area contributed by atoms with E-state index in [1.54, 1.807) is 24.9 Å². The number of carbonyl (C=O) groups is 1. The molecular formula is C26H24N10O. The highest BCUT2D eigenvalue weighted by Gasteiger charge is 2.17. The maximum absolute atomic E-state index is 12.2. The summed E-state index contributed by atoms with van der Waals surface area (Å²) in [6, 6.07) is 7.59. The number of fused-ring (bicyclic) bond motifs is 2. The number of hydrogen-bond acceptors (Lipinski definition) is 7. The summed E-state index contributed by atoms with van der Waals surface area (Å²) < 4.78 is 1.93. The number of hydrogen-bond donors (Lipinski definition) is 3. The van der Waals surface area contributed by atoms with Gasteiger partial charge in [0.15, 0.2) is 17.2 Å². The molecule has 0 saturated carbocycles. The lowest BCUT2D eigenvalue weighted by Crippen LogP contribution is -2.11. The maximum Gasteiger partial charge on any atom is 0.224 e. The second-order valence-electron chi connectivity index (χ2n) is 8.82. The number of aromatic amines is 2. The minimum Gasteiger partial charge on any atom is -0.333 e. The van der Waals surface area contributed by atoms with Crippen LogP contribution in [0, 0.1) is 6.92 Å². The van der Waals surface area contributed by atoms with Gasteiger partial charge in [0.2, 0.25) is 5.91 Å². The van der Waals surface area contributed by atoms with Crippen molar-refractivity contribution in [2.24, 2.45) is 0 Å². The van der Waals surface area contributed by atoms with Crippen molar-refractivity contribution >= 4 is 33.8 Å². The van der Waals surface area contributed by atoms with Gasteiger partial charge in [-0.2, -0.15) is 5.10 Å². The third kappa shape index (κ3) is 4.31. The molecule has 6 aromatic rings. The Hall–Kier alpha value is -4.93. The minimum absolute atomic E-state index is 0.0231. The maximum atomic E-state index is 12.2. The number of aromatic nitrogens is 9. The molecule has 11 nitrogen and oxygen atoms in total. The number of carbonyl (C=O) groups excluding carboxylic acids is 1. The lowest BCUT2D eigenvalue weighted by Gasteiger charge is -2.07. The van der Waals surface area contributed by atoms with Gasteiger partial charge in [-0.1, -0.05) is 13.3 Å². The van der Waals surface area contributed by atoms with E-state index in [9.17, 15) is 4.79 Å². The zero-order valence-corrected chi connectivity index (χ0v) is 20.4. The Morgan fingerprint density at radius 3 is 2.89 bits per heavy atom. The van der Waals surface area contributed by atoms with Crippen LogP contribution >= 0.6 is 0 Å². The largest absolute Gasteiger partial charge is 0.333 e. The molecule has 0 aromatic carbocycles. The smallest absolute Gasteiger partial charge is 0.224 e. The quantitative estimate of drug-likeness (QED) is 0.296. The van der Waals surface area contributed by atoms with Crippen LogP contribution in [0.15, 0.2) is 55.4 Å². The number of pyridine rings is 3. The molecular weight excluding hydrogens is 468 g/mol. The van der Waals surface area contributed by atoms with Gasteiger partial charge in [-0.3, -0.25) is 14.9 Å². The summed E-state index contributed by atoms with van der Waals surface area (Å²) in [4.78, 5) is 38.1. The van der Waals surface area contributed by atoms with Crippen LogP contribution in [0.3, 0.4) is 0 Å². The number of unbranched alkanes of at least 4 members (excludes halogenated alkanes) is 1. The molecule has 0 aliphatic rings. The Balaban J connectivity index is 1.37. The average molecular weight is 493 g/mol. The summed E-state index contributed by atoms with van der Waals surface area (Å²) in [6.07, 6.45) is 11.1. The molecule has 0 aliphatic heterocycles. The second-order valence-corrected chi connectivity index (χ2v) is 8.82. The molecule has 184 valence electrons. The van der Waals surface area contributed by atoms with Crippen molar-refractivity contribution in [3.8, 4) is 28.5 Å². The first-order chi connectivity index (χ1) is 18.1. The van der Waals surface area contributed by atoms with Gasteiger partial charge in [-0.15, -0.1) is 0 Å². The lowest BCUT2D eigenvalue weighted by molar-refractivity contribution is -0.116. The van der Waals surface area contributed by atoms with Crippen molar-refractivity contribution in [2.75, 3.05) is 5.32 Å². The van der Waals surface area contributed by atoms with Gasteiger partial charge in [0, 0.05) is 30.6 Å². The van der Waals surface area contributed by atoms with E-state index in [4.69, 9.17) is 4.98 Å². The zero-order valence-electron chi connectivity index (χ0n) is 20.4. The number of rotatable bonds is 7. The Morgan fingerprint density at radius 2 is 2.05 bits per heavy atom. The number of amides is 1. The van der Waals surface area contributed by atoms with Crippen LogP contribution in [-0.2, 0) is 4.79 Å². The van der Waals surface area contributed by atoms with E-state index in [1.165, 1.54) is 0 Å². The lowest BCUT2D eigenvalue weighted by atomic mass is 10.1. The summed E-state index contributed by atoms with van der Waals surface area (Å²) in [7, 11) is 0. The van der Waals surface area contributed by atoms with E-state index in [1.807, 2.05) is 42.0 Å². The van der Waals surface area contributed by atoms with E-state index in [0.717, 1.165) is 40.8 Å². The van der Waals surface area contributed by atoms with Crippen molar-refractivity contribution in [2.45, 2.75) is 33.1 Å². The minimum atomic E-state index is -0.0231. The van der Waals surface area contributed by atoms with Gasteiger partial charge in [-0.25, -0.2) is 19.9 Å². The first kappa shape index (κ1) is 22.5. The first-order valence-electron chi connectivity index (χ1n) is 12.1. The molecule has 0 fully saturated rings. The molecule has 11 heteroatoms. The summed E-state index contributed by atoms with van der Waals surface area (Å²) >= 11 is 0. The molecule has 3 N–H and O–H groups in total. The molecule has 37 heavy (non-hydrogen) atoms. The molecule has 0 atom stereocenters. The summed E-state index contributed by atoms with van der Waals surface area (Å²) in [6.45, 7) is 4.00. The number of aryl methyl sites for hydroxylation is 1. The molecule has 0 bridgehead atoms. The summed E-state index contributed by atoms with van der Waals surface area (Å²) in [5.41, 5.74) is 7.30. The molecule has 0 unspecified atom stereocenters. The van der Waals surface area contributed by atoms with Crippen LogP contribution in [-0.4, -0.2) is 50.6 Å². The van der Waals surface area contributed by atoms with Crippen molar-refractivity contribution in [1.29, 1.82) is 0 Å². The molecule has 0 radical (unpaired) electrons. The van der Waals surface area contributed by atoms with Crippen LogP contribution in [0.25, 0.3) is 50.7 Å². The number of anilines is 1. The highest BCUT2D eigenvalue weighted by Crippen LogP contribution is 2.29. The SMILES string of the molecule is CCCCC(=O)Nc1cncc(-c2ccc3[nH]nc(-c4nc5nccc(-n6cnc(C)c6)c5[nH]4)c3n2)c1. The van der Waals surface area contributed by atoms with E-state index in [0.29, 0.717) is 40.5 Å². The third-order valence-corrected chi connectivity index (χ3v) is 6.07. The highest BCUT2D eigenvalue weighted by atomic mass is 16.1. The van der Waals surface area contributed by atoms with Gasteiger partial charge >= 0.3 is 0 Å². The third-order valence-electron chi connectivity index (χ3n) is 6.07. The Bertz CT molecular complexity index is 1750. The van der Waals surface area contributed by atoms with E-state index in [-0.39, 0.29) is 5.91 Å². The predicted molar refractivity (Wildman–Crippen MR) is 140 cm³/mol. The van der Waals surface area contributed by atoms with Gasteiger partial charge in [0.1, 0.15) is 11.0 Å². The van der Waals surface area contributed by atoms with Crippen molar-refractivity contribution in [1.82, 2.24) is 44.7 Å². The van der Waals surface area contributed by atoms with Crippen molar-refractivity contribution in [3.05, 3.63) is 61.1 Å². The molecule has 6 aromatic heterocycles. The number of imidazole rings is 2. The van der Waals surface area contributed by atoms with Crippen LogP contribution in [0.5, 0.6) is 0 Å². The zero-order chi connectivity index (χ0) is 25.4. The second kappa shape index (κ2) is 9.26. The van der Waals surface area contributed by atoms with Gasteiger partial charge < -0.3 is 14.9 Å². The summed E-state index contributed by atoms with van der Waals surface area (Å²) in [5, 5.41) is 10.4. The number of H-pyrrole nitrogens is 2. The van der Waals surface area contributed by atoms with Crippen molar-refractivity contribution in [3.63, 3.8) is 0 Å². The molecule has 0 saturated heterocycles. The number of nitrogens with zero attached hydrogens (tertiary/aromatic N) is 7. The Kier molecular flexibility index (Phi) is 5.64. The van der Waals surface area contributed by atoms with Crippen molar-refractivity contribution < 1.29 is 4.79 Å². The Morgan fingerprint density at radius 1 is 1.14 bits per heavy atom. The summed E-state index contributed by atoms with van der Waals surface area (Å²) in [5.74, 6) is 0.530. The van der Waals surface area contributed by atoms with E-state index in [2.05, 4.69) is 47.4 Å². The topological polar surface area (TPSA) is 143 Å². The van der Waals surface area contributed by atoms with Gasteiger partial charge in [-0.05, 0) is 37.6 Å². The van der Waals surface area contributed by atoms with Gasteiger partial charge in [0.25, 0.3) is 0 Å². The van der Waals surface area contributed by atoms with E-state index >= 15 is 0 Å². The standard InChI is InChI=1S/C26H24N10O/c1-3-4-5-21(37)30-17-10-16(11-27-12-17)18-6-7-19-22(31-18)24(35-34-19)26-32-23-20(8-9-28-25(23)33-26)36-13-15(2)29-14-36/h6-14H,3-5H2,1-2H3,(H,30,37)(H,34,35)(H,28,32,33). The average Bonchev–Trinajstić information content (AvgIpc) is 3.64. The molecule has 0 spiro atoms. The van der Waals surface area contributed by atoms with Gasteiger partial charge in [0.05, 0.1) is 40.8 Å². The fraction of sp³-hybridized carbons (Fsp3) is 0.192. The van der Waals surface area contributed by atoms with E-state index < -0.39 is 0 Å². The molecule has 6 rings (SSSR count).